The lowest BCUT2D eigenvalue weighted by Crippen LogP contribution is -2.09. The van der Waals surface area contributed by atoms with Gasteiger partial charge in [-0.2, -0.15) is 4.98 Å². The second kappa shape index (κ2) is 6.30. The Morgan fingerprint density at radius 2 is 1.94 bits per heavy atom. The maximum absolute atomic E-state index is 5.51. The number of hydrogen-bond donors (Lipinski definition) is 1. The molecule has 1 heterocycles. The largest absolute Gasteiger partial charge is 0.478 e. The molecule has 0 unspecified atom stereocenters. The number of hydrogen-bond acceptors (Lipinski definition) is 4. The van der Waals surface area contributed by atoms with E-state index in [0.717, 1.165) is 36.6 Å². The van der Waals surface area contributed by atoms with E-state index >= 15 is 0 Å². The van der Waals surface area contributed by atoms with Crippen LogP contribution in [-0.2, 0) is 6.42 Å². The summed E-state index contributed by atoms with van der Waals surface area (Å²) >= 11 is 0. The molecule has 0 atom stereocenters. The van der Waals surface area contributed by atoms with E-state index in [-0.39, 0.29) is 0 Å². The van der Waals surface area contributed by atoms with Gasteiger partial charge < -0.3 is 10.1 Å². The molecule has 4 heteroatoms. The number of aromatic nitrogens is 2. The van der Waals surface area contributed by atoms with Gasteiger partial charge in [0.25, 0.3) is 0 Å². The van der Waals surface area contributed by atoms with Gasteiger partial charge in [0.15, 0.2) is 0 Å². The molecule has 16 heavy (non-hydrogen) atoms. The number of nitrogens with zero attached hydrogens (tertiary/aromatic N) is 2. The monoisotopic (exact) mass is 223 g/mol. The predicted molar refractivity (Wildman–Crippen MR) is 66.1 cm³/mol. The number of ether oxygens (including phenoxy) is 1. The summed E-state index contributed by atoms with van der Waals surface area (Å²) in [6.07, 6.45) is 1.90. The lowest BCUT2D eigenvalue weighted by Gasteiger charge is -2.12. The minimum absolute atomic E-state index is 0.633. The molecule has 90 valence electrons. The zero-order valence-electron chi connectivity index (χ0n) is 10.6. The quantitative estimate of drug-likeness (QED) is 0.805. The van der Waals surface area contributed by atoms with Crippen molar-refractivity contribution in [1.82, 2.24) is 9.97 Å². The van der Waals surface area contributed by atoms with E-state index in [0.29, 0.717) is 12.5 Å². The second-order valence-electron chi connectivity index (χ2n) is 3.63. The maximum atomic E-state index is 5.51. The molecule has 0 spiro atoms. The van der Waals surface area contributed by atoms with Crippen LogP contribution in [0.1, 0.15) is 38.6 Å². The summed E-state index contributed by atoms with van der Waals surface area (Å²) < 4.78 is 5.51. The van der Waals surface area contributed by atoms with Crippen LogP contribution < -0.4 is 10.1 Å². The van der Waals surface area contributed by atoms with Crippen molar-refractivity contribution in [2.45, 2.75) is 40.5 Å². The Morgan fingerprint density at radius 1 is 1.19 bits per heavy atom. The van der Waals surface area contributed by atoms with Gasteiger partial charge in [0.2, 0.25) is 5.88 Å². The Labute approximate surface area is 97.5 Å². The van der Waals surface area contributed by atoms with Gasteiger partial charge in [-0.25, -0.2) is 4.98 Å². The molecule has 1 aromatic heterocycles. The van der Waals surface area contributed by atoms with Gasteiger partial charge in [-0.15, -0.1) is 0 Å². The van der Waals surface area contributed by atoms with Crippen LogP contribution in [0.5, 0.6) is 5.88 Å². The smallest absolute Gasteiger partial charge is 0.221 e. The average molecular weight is 223 g/mol. The molecular formula is C12H21N3O. The number of anilines is 1. The molecule has 0 saturated heterocycles. The standard InChI is InChI=1S/C12H21N3O/c1-5-8-13-11-9(4)12(16-7-3)15-10(6-2)14-11/h5-8H2,1-4H3,(H,13,14,15). The third kappa shape index (κ3) is 3.08. The predicted octanol–water partition coefficient (Wildman–Crippen LogP) is 2.57. The molecule has 0 fully saturated rings. The van der Waals surface area contributed by atoms with E-state index < -0.39 is 0 Å². The molecule has 0 saturated carbocycles. The van der Waals surface area contributed by atoms with E-state index in [4.69, 9.17) is 4.74 Å². The average Bonchev–Trinajstić information content (AvgIpc) is 2.30. The first-order valence-electron chi connectivity index (χ1n) is 5.97. The van der Waals surface area contributed by atoms with Crippen LogP contribution in [0.25, 0.3) is 0 Å². The van der Waals surface area contributed by atoms with Gasteiger partial charge in [0, 0.05) is 13.0 Å². The van der Waals surface area contributed by atoms with Crippen molar-refractivity contribution in [3.8, 4) is 5.88 Å². The summed E-state index contributed by atoms with van der Waals surface area (Å²) in [7, 11) is 0. The minimum Gasteiger partial charge on any atom is -0.478 e. The van der Waals surface area contributed by atoms with Crippen molar-refractivity contribution in [3.63, 3.8) is 0 Å². The summed E-state index contributed by atoms with van der Waals surface area (Å²) in [4.78, 5) is 8.84. The molecular weight excluding hydrogens is 202 g/mol. The van der Waals surface area contributed by atoms with Gasteiger partial charge in [-0.05, 0) is 20.3 Å². The normalized spacial score (nSPS) is 10.2. The number of aryl methyl sites for hydroxylation is 1. The third-order valence-corrected chi connectivity index (χ3v) is 2.29. The highest BCUT2D eigenvalue weighted by molar-refractivity contribution is 5.48. The fourth-order valence-electron chi connectivity index (χ4n) is 1.39. The minimum atomic E-state index is 0.633. The summed E-state index contributed by atoms with van der Waals surface area (Å²) in [6, 6.07) is 0. The first-order chi connectivity index (χ1) is 7.72. The van der Waals surface area contributed by atoms with Crippen molar-refractivity contribution in [3.05, 3.63) is 11.4 Å². The Hall–Kier alpha value is -1.32. The Bertz CT molecular complexity index is 339. The first kappa shape index (κ1) is 12.7. The molecule has 4 nitrogen and oxygen atoms in total. The summed E-state index contributed by atoms with van der Waals surface area (Å²) in [6.45, 7) is 9.69. The van der Waals surface area contributed by atoms with Crippen LogP contribution in [0.4, 0.5) is 5.82 Å². The molecule has 0 radical (unpaired) electrons. The first-order valence-corrected chi connectivity index (χ1v) is 5.97. The molecule has 0 aromatic carbocycles. The van der Waals surface area contributed by atoms with E-state index in [9.17, 15) is 0 Å². The summed E-state index contributed by atoms with van der Waals surface area (Å²) in [5.74, 6) is 2.43. The van der Waals surface area contributed by atoms with Crippen molar-refractivity contribution in [2.24, 2.45) is 0 Å². The van der Waals surface area contributed by atoms with E-state index in [1.54, 1.807) is 0 Å². The highest BCUT2D eigenvalue weighted by atomic mass is 16.5. The number of nitrogens with one attached hydrogen (secondary N) is 1. The van der Waals surface area contributed by atoms with Crippen molar-refractivity contribution in [1.29, 1.82) is 0 Å². The topological polar surface area (TPSA) is 47.0 Å². The highest BCUT2D eigenvalue weighted by Gasteiger charge is 2.10. The van der Waals surface area contributed by atoms with Crippen LogP contribution in [0.3, 0.4) is 0 Å². The Morgan fingerprint density at radius 3 is 2.50 bits per heavy atom. The molecule has 1 aromatic rings. The molecule has 0 bridgehead atoms. The molecule has 0 aliphatic rings. The van der Waals surface area contributed by atoms with E-state index in [1.807, 2.05) is 20.8 Å². The van der Waals surface area contributed by atoms with E-state index in [2.05, 4.69) is 22.2 Å². The molecule has 0 aliphatic heterocycles. The van der Waals surface area contributed by atoms with Gasteiger partial charge in [0.1, 0.15) is 11.6 Å². The van der Waals surface area contributed by atoms with Gasteiger partial charge in [-0.1, -0.05) is 13.8 Å². The lowest BCUT2D eigenvalue weighted by molar-refractivity contribution is 0.322. The summed E-state index contributed by atoms with van der Waals surface area (Å²) in [5, 5.41) is 3.31. The zero-order valence-corrected chi connectivity index (χ0v) is 10.6. The van der Waals surface area contributed by atoms with Crippen molar-refractivity contribution < 1.29 is 4.74 Å². The summed E-state index contributed by atoms with van der Waals surface area (Å²) in [5.41, 5.74) is 0.993. The van der Waals surface area contributed by atoms with Crippen molar-refractivity contribution in [2.75, 3.05) is 18.5 Å². The Kier molecular flexibility index (Phi) is 5.02. The van der Waals surface area contributed by atoms with Crippen LogP contribution >= 0.6 is 0 Å². The molecule has 1 N–H and O–H groups in total. The zero-order chi connectivity index (χ0) is 12.0. The molecule has 1 rings (SSSR count). The second-order valence-corrected chi connectivity index (χ2v) is 3.63. The number of rotatable bonds is 6. The maximum Gasteiger partial charge on any atom is 0.221 e. The fraction of sp³-hybridized carbons (Fsp3) is 0.667. The van der Waals surface area contributed by atoms with Gasteiger partial charge in [0.05, 0.1) is 12.2 Å². The van der Waals surface area contributed by atoms with Crippen LogP contribution in [-0.4, -0.2) is 23.1 Å². The third-order valence-electron chi connectivity index (χ3n) is 2.29. The van der Waals surface area contributed by atoms with Gasteiger partial charge in [-0.3, -0.25) is 0 Å². The fourth-order valence-corrected chi connectivity index (χ4v) is 1.39. The SMILES string of the molecule is CCCNc1nc(CC)nc(OCC)c1C. The van der Waals surface area contributed by atoms with Crippen LogP contribution in [0.15, 0.2) is 0 Å². The van der Waals surface area contributed by atoms with Crippen molar-refractivity contribution >= 4 is 5.82 Å². The molecule has 0 aliphatic carbocycles. The highest BCUT2D eigenvalue weighted by Crippen LogP contribution is 2.22. The van der Waals surface area contributed by atoms with E-state index in [1.165, 1.54) is 0 Å². The Balaban J connectivity index is 2.99. The lowest BCUT2D eigenvalue weighted by atomic mass is 10.3. The van der Waals surface area contributed by atoms with Crippen LogP contribution in [0.2, 0.25) is 0 Å². The van der Waals surface area contributed by atoms with Gasteiger partial charge >= 0.3 is 0 Å². The molecule has 0 amide bonds. The van der Waals surface area contributed by atoms with Crippen LogP contribution in [0, 0.1) is 6.92 Å².